The first-order valence-corrected chi connectivity index (χ1v) is 8.07. The summed E-state index contributed by atoms with van der Waals surface area (Å²) in [6.45, 7) is 9.63. The van der Waals surface area contributed by atoms with Gasteiger partial charge in [-0.25, -0.2) is 0 Å². The number of hydrogen-bond acceptors (Lipinski definition) is 4. The van der Waals surface area contributed by atoms with E-state index in [4.69, 9.17) is 0 Å². The second-order valence-corrected chi connectivity index (χ2v) is 6.75. The molecule has 0 bridgehead atoms. The van der Waals surface area contributed by atoms with E-state index in [-0.39, 0.29) is 0 Å². The van der Waals surface area contributed by atoms with Crippen molar-refractivity contribution in [2.75, 3.05) is 32.1 Å². The molecule has 1 aromatic rings. The Bertz CT molecular complexity index is 463. The Hall–Kier alpha value is -1.07. The van der Waals surface area contributed by atoms with Gasteiger partial charge in [-0.1, -0.05) is 13.8 Å². The highest BCUT2D eigenvalue weighted by molar-refractivity contribution is 5.50. The summed E-state index contributed by atoms with van der Waals surface area (Å²) in [7, 11) is 6.44. The minimum absolute atomic E-state index is 0.494. The molecule has 2 heterocycles. The predicted molar refractivity (Wildman–Crippen MR) is 88.8 cm³/mol. The summed E-state index contributed by atoms with van der Waals surface area (Å²) in [6, 6.07) is 1.13. The maximum absolute atomic E-state index is 4.66. The Morgan fingerprint density at radius 1 is 1.38 bits per heavy atom. The van der Waals surface area contributed by atoms with Gasteiger partial charge in [0.25, 0.3) is 0 Å². The van der Waals surface area contributed by atoms with Gasteiger partial charge in [-0.05, 0) is 33.9 Å². The molecule has 1 N–H and O–H groups in total. The standard InChI is InChI=1S/C16H31N5/c1-12(2)17-10-15-13(3)18-20(6)16(15)21-9-7-8-14(11-21)19(4)5/h12,14,17H,7-11H2,1-6H3. The maximum atomic E-state index is 4.66. The van der Waals surface area contributed by atoms with Gasteiger partial charge in [0.05, 0.1) is 5.69 Å². The molecule has 1 saturated heterocycles. The highest BCUT2D eigenvalue weighted by Crippen LogP contribution is 2.27. The van der Waals surface area contributed by atoms with E-state index in [1.54, 1.807) is 0 Å². The number of rotatable bonds is 5. The topological polar surface area (TPSA) is 36.3 Å². The normalized spacial score (nSPS) is 19.8. The van der Waals surface area contributed by atoms with Crippen LogP contribution in [-0.4, -0.2) is 53.9 Å². The molecule has 1 atom stereocenters. The van der Waals surface area contributed by atoms with Crippen molar-refractivity contribution in [3.63, 3.8) is 0 Å². The second kappa shape index (κ2) is 6.79. The molecular formula is C16H31N5. The van der Waals surface area contributed by atoms with Gasteiger partial charge in [-0.15, -0.1) is 0 Å². The van der Waals surface area contributed by atoms with E-state index in [1.165, 1.54) is 24.2 Å². The van der Waals surface area contributed by atoms with Crippen LogP contribution in [0, 0.1) is 6.92 Å². The zero-order chi connectivity index (χ0) is 15.6. The van der Waals surface area contributed by atoms with Crippen molar-refractivity contribution in [1.82, 2.24) is 20.0 Å². The highest BCUT2D eigenvalue weighted by Gasteiger charge is 2.26. The van der Waals surface area contributed by atoms with Gasteiger partial charge in [0, 0.05) is 44.3 Å². The monoisotopic (exact) mass is 293 g/mol. The Labute approximate surface area is 129 Å². The van der Waals surface area contributed by atoms with E-state index in [0.717, 1.165) is 25.3 Å². The first-order chi connectivity index (χ1) is 9.90. The zero-order valence-corrected chi connectivity index (χ0v) is 14.5. The van der Waals surface area contributed by atoms with Crippen LogP contribution in [0.3, 0.4) is 0 Å². The Balaban J connectivity index is 2.21. The van der Waals surface area contributed by atoms with Gasteiger partial charge >= 0.3 is 0 Å². The molecule has 0 saturated carbocycles. The maximum Gasteiger partial charge on any atom is 0.131 e. The fraction of sp³-hybridized carbons (Fsp3) is 0.812. The molecule has 1 unspecified atom stereocenters. The van der Waals surface area contributed by atoms with Crippen LogP contribution in [0.5, 0.6) is 0 Å². The van der Waals surface area contributed by atoms with Crippen molar-refractivity contribution in [2.24, 2.45) is 7.05 Å². The van der Waals surface area contributed by atoms with E-state index in [2.05, 4.69) is 66.8 Å². The number of nitrogens with zero attached hydrogens (tertiary/aromatic N) is 4. The minimum atomic E-state index is 0.494. The molecule has 0 amide bonds. The van der Waals surface area contributed by atoms with Gasteiger partial charge in [0.1, 0.15) is 5.82 Å². The average Bonchev–Trinajstić information content (AvgIpc) is 2.70. The number of nitrogens with one attached hydrogen (secondary N) is 1. The molecule has 5 nitrogen and oxygen atoms in total. The van der Waals surface area contributed by atoms with Gasteiger partial charge < -0.3 is 15.1 Å². The zero-order valence-electron chi connectivity index (χ0n) is 14.5. The lowest BCUT2D eigenvalue weighted by Crippen LogP contribution is -2.46. The van der Waals surface area contributed by atoms with Gasteiger partial charge in [0.2, 0.25) is 0 Å². The molecule has 1 aromatic heterocycles. The summed E-state index contributed by atoms with van der Waals surface area (Å²) in [6.07, 6.45) is 2.55. The third kappa shape index (κ3) is 3.77. The Kier molecular flexibility index (Phi) is 5.27. The molecular weight excluding hydrogens is 262 g/mol. The fourth-order valence-corrected chi connectivity index (χ4v) is 3.17. The van der Waals surface area contributed by atoms with Crippen LogP contribution in [0.25, 0.3) is 0 Å². The number of likely N-dealkylation sites (N-methyl/N-ethyl adjacent to an activating group) is 1. The SMILES string of the molecule is Cc1nn(C)c(N2CCCC(N(C)C)C2)c1CNC(C)C. The van der Waals surface area contributed by atoms with Crippen LogP contribution >= 0.6 is 0 Å². The summed E-state index contributed by atoms with van der Waals surface area (Å²) in [5.74, 6) is 1.30. The Morgan fingerprint density at radius 2 is 2.10 bits per heavy atom. The molecule has 21 heavy (non-hydrogen) atoms. The molecule has 0 spiro atoms. The molecule has 0 aromatic carbocycles. The summed E-state index contributed by atoms with van der Waals surface area (Å²) in [5.41, 5.74) is 2.50. The molecule has 2 rings (SSSR count). The number of aryl methyl sites for hydroxylation is 2. The van der Waals surface area contributed by atoms with Gasteiger partial charge in [-0.2, -0.15) is 5.10 Å². The molecule has 5 heteroatoms. The first kappa shape index (κ1) is 16.3. The highest BCUT2D eigenvalue weighted by atomic mass is 15.4. The third-order valence-corrected chi connectivity index (χ3v) is 4.43. The first-order valence-electron chi connectivity index (χ1n) is 8.07. The van der Waals surface area contributed by atoms with Crippen molar-refractivity contribution in [2.45, 2.75) is 52.2 Å². The molecule has 1 aliphatic heterocycles. The number of hydrogen-bond donors (Lipinski definition) is 1. The lowest BCUT2D eigenvalue weighted by molar-refractivity contribution is 0.256. The fourth-order valence-electron chi connectivity index (χ4n) is 3.17. The van der Waals surface area contributed by atoms with Crippen LogP contribution < -0.4 is 10.2 Å². The quantitative estimate of drug-likeness (QED) is 0.897. The lowest BCUT2D eigenvalue weighted by Gasteiger charge is -2.37. The molecule has 120 valence electrons. The van der Waals surface area contributed by atoms with Crippen molar-refractivity contribution in [3.05, 3.63) is 11.3 Å². The van der Waals surface area contributed by atoms with Crippen molar-refractivity contribution < 1.29 is 0 Å². The summed E-state index contributed by atoms with van der Waals surface area (Å²) >= 11 is 0. The number of anilines is 1. The number of piperidine rings is 1. The van der Waals surface area contributed by atoms with E-state index < -0.39 is 0 Å². The molecule has 0 radical (unpaired) electrons. The van der Waals surface area contributed by atoms with Gasteiger partial charge in [0.15, 0.2) is 0 Å². The second-order valence-electron chi connectivity index (χ2n) is 6.75. The molecule has 1 aliphatic rings. The van der Waals surface area contributed by atoms with E-state index in [1.807, 2.05) is 0 Å². The average molecular weight is 293 g/mol. The van der Waals surface area contributed by atoms with Crippen molar-refractivity contribution >= 4 is 5.82 Å². The number of aromatic nitrogens is 2. The molecule has 1 fully saturated rings. The largest absolute Gasteiger partial charge is 0.355 e. The Morgan fingerprint density at radius 3 is 2.71 bits per heavy atom. The summed E-state index contributed by atoms with van der Waals surface area (Å²) in [5, 5.41) is 8.19. The van der Waals surface area contributed by atoms with Crippen LogP contribution in [0.4, 0.5) is 5.82 Å². The van der Waals surface area contributed by atoms with Crippen molar-refractivity contribution in [3.8, 4) is 0 Å². The van der Waals surface area contributed by atoms with Crippen LogP contribution in [0.15, 0.2) is 0 Å². The minimum Gasteiger partial charge on any atom is -0.355 e. The van der Waals surface area contributed by atoms with E-state index >= 15 is 0 Å². The van der Waals surface area contributed by atoms with Crippen LogP contribution in [-0.2, 0) is 13.6 Å². The van der Waals surface area contributed by atoms with Crippen molar-refractivity contribution in [1.29, 1.82) is 0 Å². The van der Waals surface area contributed by atoms with E-state index in [9.17, 15) is 0 Å². The van der Waals surface area contributed by atoms with Crippen LogP contribution in [0.1, 0.15) is 37.9 Å². The lowest BCUT2D eigenvalue weighted by atomic mass is 10.0. The van der Waals surface area contributed by atoms with Crippen LogP contribution in [0.2, 0.25) is 0 Å². The molecule has 0 aliphatic carbocycles. The predicted octanol–water partition coefficient (Wildman–Crippen LogP) is 1.76. The summed E-state index contributed by atoms with van der Waals surface area (Å²) in [4.78, 5) is 4.87. The van der Waals surface area contributed by atoms with E-state index in [0.29, 0.717) is 12.1 Å². The smallest absolute Gasteiger partial charge is 0.131 e. The summed E-state index contributed by atoms with van der Waals surface area (Å²) < 4.78 is 2.06. The van der Waals surface area contributed by atoms with Gasteiger partial charge in [-0.3, -0.25) is 4.68 Å². The third-order valence-electron chi connectivity index (χ3n) is 4.43.